The van der Waals surface area contributed by atoms with Gasteiger partial charge in [0.25, 0.3) is 0 Å². The fourth-order valence-electron chi connectivity index (χ4n) is 3.77. The fraction of sp³-hybridized carbons (Fsp3) is 0.280. The van der Waals surface area contributed by atoms with E-state index in [2.05, 4.69) is 58.3 Å². The van der Waals surface area contributed by atoms with Crippen molar-refractivity contribution in [1.29, 1.82) is 0 Å². The molecule has 0 radical (unpaired) electrons. The Morgan fingerprint density at radius 3 is 2.07 bits per heavy atom. The lowest BCUT2D eigenvalue weighted by Gasteiger charge is -2.37. The highest BCUT2D eigenvalue weighted by molar-refractivity contribution is 5.66. The Hall–Kier alpha value is -3.02. The van der Waals surface area contributed by atoms with Gasteiger partial charge in [-0.25, -0.2) is 0 Å². The van der Waals surface area contributed by atoms with Crippen LogP contribution in [0.2, 0.25) is 0 Å². The number of β-amino-alcohol motifs (C(OH)–C–C–N with tert-alkyl or cyclic N) is 1. The molecule has 1 atom stereocenters. The Morgan fingerprint density at radius 2 is 1.40 bits per heavy atom. The summed E-state index contributed by atoms with van der Waals surface area (Å²) in [6, 6.07) is 25.7. The molecule has 3 aromatic rings. The zero-order valence-corrected chi connectivity index (χ0v) is 17.0. The van der Waals surface area contributed by atoms with Crippen molar-refractivity contribution in [3.8, 4) is 22.6 Å². The molecule has 1 aliphatic rings. The molecule has 1 unspecified atom stereocenters. The van der Waals surface area contributed by atoms with E-state index in [0.717, 1.165) is 26.2 Å². The summed E-state index contributed by atoms with van der Waals surface area (Å²) in [5.74, 6) is 0.853. The summed E-state index contributed by atoms with van der Waals surface area (Å²) >= 11 is 0. The first kappa shape index (κ1) is 20.3. The summed E-state index contributed by atoms with van der Waals surface area (Å²) in [5, 5.41) is 19.6. The van der Waals surface area contributed by atoms with Gasteiger partial charge in [0.05, 0.1) is 0 Å². The van der Waals surface area contributed by atoms with Crippen LogP contribution in [0.25, 0.3) is 11.1 Å². The number of phenols is 1. The number of hydrogen-bond acceptors (Lipinski definition) is 5. The van der Waals surface area contributed by atoms with Gasteiger partial charge in [0.15, 0.2) is 0 Å². The van der Waals surface area contributed by atoms with Crippen molar-refractivity contribution in [2.75, 3.05) is 44.2 Å². The Bertz CT molecular complexity index is 905. The zero-order chi connectivity index (χ0) is 20.8. The third-order valence-electron chi connectivity index (χ3n) is 5.46. The van der Waals surface area contributed by atoms with Crippen LogP contribution in [0, 0.1) is 0 Å². The van der Waals surface area contributed by atoms with Crippen molar-refractivity contribution in [2.45, 2.75) is 6.10 Å². The molecule has 0 aromatic heterocycles. The van der Waals surface area contributed by atoms with Crippen molar-refractivity contribution < 1.29 is 14.9 Å². The molecule has 1 saturated heterocycles. The van der Waals surface area contributed by atoms with E-state index in [1.54, 1.807) is 24.3 Å². The van der Waals surface area contributed by atoms with Crippen molar-refractivity contribution in [3.63, 3.8) is 0 Å². The van der Waals surface area contributed by atoms with Crippen LogP contribution in [0.1, 0.15) is 0 Å². The Kier molecular flexibility index (Phi) is 6.52. The van der Waals surface area contributed by atoms with Crippen LogP contribution < -0.4 is 9.64 Å². The highest BCUT2D eigenvalue weighted by atomic mass is 16.5. The first-order valence-corrected chi connectivity index (χ1v) is 10.4. The van der Waals surface area contributed by atoms with Crippen molar-refractivity contribution >= 4 is 5.69 Å². The van der Waals surface area contributed by atoms with Crippen molar-refractivity contribution in [3.05, 3.63) is 78.9 Å². The molecule has 5 nitrogen and oxygen atoms in total. The van der Waals surface area contributed by atoms with Crippen LogP contribution in [0.5, 0.6) is 11.5 Å². The van der Waals surface area contributed by atoms with Gasteiger partial charge in [-0.15, -0.1) is 0 Å². The molecule has 1 fully saturated rings. The number of anilines is 1. The zero-order valence-electron chi connectivity index (χ0n) is 17.0. The van der Waals surface area contributed by atoms with E-state index in [0.29, 0.717) is 12.3 Å². The molecule has 1 heterocycles. The van der Waals surface area contributed by atoms with Gasteiger partial charge in [-0.05, 0) is 47.5 Å². The number of rotatable bonds is 7. The van der Waals surface area contributed by atoms with Gasteiger partial charge in [0, 0.05) is 38.4 Å². The number of aliphatic hydroxyl groups is 1. The second kappa shape index (κ2) is 9.65. The SMILES string of the molecule is Oc1ccc(OCC(O)CN2CCN(c3ccc(-c4ccccc4)cc3)CC2)cc1. The van der Waals surface area contributed by atoms with E-state index >= 15 is 0 Å². The van der Waals surface area contributed by atoms with E-state index in [4.69, 9.17) is 4.74 Å². The molecule has 1 aliphatic heterocycles. The van der Waals surface area contributed by atoms with Crippen LogP contribution in [-0.4, -0.2) is 60.5 Å². The van der Waals surface area contributed by atoms with Gasteiger partial charge in [-0.1, -0.05) is 42.5 Å². The molecular weight excluding hydrogens is 376 g/mol. The molecule has 156 valence electrons. The number of piperazine rings is 1. The van der Waals surface area contributed by atoms with E-state index in [1.807, 2.05) is 6.07 Å². The van der Waals surface area contributed by atoms with E-state index in [9.17, 15) is 10.2 Å². The topological polar surface area (TPSA) is 56.2 Å². The number of benzene rings is 3. The Balaban J connectivity index is 1.23. The highest BCUT2D eigenvalue weighted by Gasteiger charge is 2.20. The molecule has 0 spiro atoms. The third kappa shape index (κ3) is 5.32. The van der Waals surface area contributed by atoms with Crippen LogP contribution in [0.15, 0.2) is 78.9 Å². The van der Waals surface area contributed by atoms with E-state index in [-0.39, 0.29) is 12.4 Å². The molecule has 0 bridgehead atoms. The molecule has 30 heavy (non-hydrogen) atoms. The molecule has 0 aliphatic carbocycles. The van der Waals surface area contributed by atoms with Crippen LogP contribution >= 0.6 is 0 Å². The summed E-state index contributed by atoms with van der Waals surface area (Å²) in [7, 11) is 0. The first-order valence-electron chi connectivity index (χ1n) is 10.4. The summed E-state index contributed by atoms with van der Waals surface area (Å²) in [6.45, 7) is 4.55. The number of phenolic OH excluding ortho intramolecular Hbond substituents is 1. The minimum atomic E-state index is -0.546. The van der Waals surface area contributed by atoms with Crippen LogP contribution in [-0.2, 0) is 0 Å². The molecule has 0 amide bonds. The summed E-state index contributed by atoms with van der Waals surface area (Å²) in [4.78, 5) is 4.67. The minimum Gasteiger partial charge on any atom is -0.508 e. The molecule has 5 heteroatoms. The van der Waals surface area contributed by atoms with Gasteiger partial charge >= 0.3 is 0 Å². The minimum absolute atomic E-state index is 0.204. The number of aromatic hydroxyl groups is 1. The smallest absolute Gasteiger partial charge is 0.119 e. The molecular formula is C25H28N2O3. The summed E-state index contributed by atoms with van der Waals surface area (Å²) in [5.41, 5.74) is 3.71. The van der Waals surface area contributed by atoms with Gasteiger partial charge < -0.3 is 19.8 Å². The van der Waals surface area contributed by atoms with Crippen LogP contribution in [0.4, 0.5) is 5.69 Å². The highest BCUT2D eigenvalue weighted by Crippen LogP contribution is 2.24. The molecule has 2 N–H and O–H groups in total. The quantitative estimate of drug-likeness (QED) is 0.630. The monoisotopic (exact) mass is 404 g/mol. The number of nitrogens with zero attached hydrogens (tertiary/aromatic N) is 2. The maximum Gasteiger partial charge on any atom is 0.119 e. The predicted molar refractivity (Wildman–Crippen MR) is 120 cm³/mol. The largest absolute Gasteiger partial charge is 0.508 e. The second-order valence-electron chi connectivity index (χ2n) is 7.66. The summed E-state index contributed by atoms with van der Waals surface area (Å²) in [6.07, 6.45) is -0.546. The number of ether oxygens (including phenoxy) is 1. The van der Waals surface area contributed by atoms with E-state index in [1.165, 1.54) is 16.8 Å². The van der Waals surface area contributed by atoms with Gasteiger partial charge in [0.1, 0.15) is 24.2 Å². The van der Waals surface area contributed by atoms with E-state index < -0.39 is 6.10 Å². The normalized spacial score (nSPS) is 15.7. The molecule has 4 rings (SSSR count). The Labute approximate surface area is 177 Å². The second-order valence-corrected chi connectivity index (χ2v) is 7.66. The average molecular weight is 405 g/mol. The van der Waals surface area contributed by atoms with Crippen LogP contribution in [0.3, 0.4) is 0 Å². The standard InChI is InChI=1S/C25H28N2O3/c28-23-10-12-25(13-11-23)30-19-24(29)18-26-14-16-27(17-15-26)22-8-6-21(7-9-22)20-4-2-1-3-5-20/h1-13,24,28-29H,14-19H2. The third-order valence-corrected chi connectivity index (χ3v) is 5.46. The summed E-state index contributed by atoms with van der Waals surface area (Å²) < 4.78 is 5.60. The number of hydrogen-bond donors (Lipinski definition) is 2. The molecule has 0 saturated carbocycles. The predicted octanol–water partition coefficient (Wildman–Crippen LogP) is 3.62. The molecule has 3 aromatic carbocycles. The van der Waals surface area contributed by atoms with Crippen molar-refractivity contribution in [1.82, 2.24) is 4.90 Å². The average Bonchev–Trinajstić information content (AvgIpc) is 2.80. The first-order chi connectivity index (χ1) is 14.7. The Morgan fingerprint density at radius 1 is 0.767 bits per heavy atom. The lowest BCUT2D eigenvalue weighted by atomic mass is 10.1. The van der Waals surface area contributed by atoms with Gasteiger partial charge in [-0.3, -0.25) is 4.90 Å². The van der Waals surface area contributed by atoms with Gasteiger partial charge in [0.2, 0.25) is 0 Å². The lowest BCUT2D eigenvalue weighted by Crippen LogP contribution is -2.49. The van der Waals surface area contributed by atoms with Gasteiger partial charge in [-0.2, -0.15) is 0 Å². The maximum atomic E-state index is 10.3. The fourth-order valence-corrected chi connectivity index (χ4v) is 3.77. The number of aliphatic hydroxyl groups excluding tert-OH is 1. The van der Waals surface area contributed by atoms with Crippen molar-refractivity contribution in [2.24, 2.45) is 0 Å². The maximum absolute atomic E-state index is 10.3. The lowest BCUT2D eigenvalue weighted by molar-refractivity contribution is 0.0663.